The predicted molar refractivity (Wildman–Crippen MR) is 80.4 cm³/mol. The average Bonchev–Trinajstić information content (AvgIpc) is 3.02. The fraction of sp³-hybridized carbons (Fsp3) is 0.933. The zero-order valence-electron chi connectivity index (χ0n) is 11.8. The van der Waals surface area contributed by atoms with Gasteiger partial charge in [0.05, 0.1) is 5.25 Å². The van der Waals surface area contributed by atoms with Gasteiger partial charge in [-0.05, 0) is 56.7 Å². The third kappa shape index (κ3) is 3.27. The smallest absolute Gasteiger partial charge is 0.235 e. The summed E-state index contributed by atoms with van der Waals surface area (Å²) in [5.74, 6) is 2.42. The van der Waals surface area contributed by atoms with Gasteiger partial charge >= 0.3 is 0 Å². The van der Waals surface area contributed by atoms with Gasteiger partial charge in [0.1, 0.15) is 0 Å². The lowest BCUT2D eigenvalue weighted by molar-refractivity contribution is -0.132. The summed E-state index contributed by atoms with van der Waals surface area (Å²) in [6.45, 7) is 3.19. The summed E-state index contributed by atoms with van der Waals surface area (Å²) < 4.78 is 0. The summed E-state index contributed by atoms with van der Waals surface area (Å²) in [6, 6.07) is 0.737. The van der Waals surface area contributed by atoms with Crippen LogP contribution in [0.2, 0.25) is 0 Å². The van der Waals surface area contributed by atoms with Crippen molar-refractivity contribution in [3.05, 3.63) is 0 Å². The Kier molecular flexibility index (Phi) is 4.69. The maximum atomic E-state index is 12.5. The van der Waals surface area contributed by atoms with Gasteiger partial charge in [0.15, 0.2) is 0 Å². The van der Waals surface area contributed by atoms with Gasteiger partial charge in [-0.25, -0.2) is 0 Å². The zero-order chi connectivity index (χ0) is 13.1. The molecule has 1 N–H and O–H groups in total. The second-order valence-corrected chi connectivity index (χ2v) is 7.53. The van der Waals surface area contributed by atoms with Crippen molar-refractivity contribution in [3.63, 3.8) is 0 Å². The molecule has 0 radical (unpaired) electrons. The van der Waals surface area contributed by atoms with E-state index in [-0.39, 0.29) is 5.25 Å². The van der Waals surface area contributed by atoms with E-state index in [9.17, 15) is 4.79 Å². The number of nitrogens with zero attached hydrogens (tertiary/aromatic N) is 1. The Labute approximate surface area is 120 Å². The molecular weight excluding hydrogens is 256 g/mol. The second-order valence-electron chi connectivity index (χ2n) is 6.22. The first kappa shape index (κ1) is 13.7. The molecule has 3 saturated heterocycles. The van der Waals surface area contributed by atoms with E-state index in [1.807, 2.05) is 11.8 Å². The fourth-order valence-corrected chi connectivity index (χ4v) is 5.06. The molecule has 3 aliphatic rings. The molecule has 1 amide bonds. The van der Waals surface area contributed by atoms with Crippen molar-refractivity contribution < 1.29 is 4.79 Å². The summed E-state index contributed by atoms with van der Waals surface area (Å²) in [7, 11) is 0. The highest BCUT2D eigenvalue weighted by molar-refractivity contribution is 8.00. The van der Waals surface area contributed by atoms with Crippen LogP contribution in [0.5, 0.6) is 0 Å². The first-order valence-electron chi connectivity index (χ1n) is 7.98. The number of hydrogen-bond acceptors (Lipinski definition) is 3. The molecule has 108 valence electrons. The van der Waals surface area contributed by atoms with Crippen molar-refractivity contribution in [3.8, 4) is 0 Å². The minimum Gasteiger partial charge on any atom is -0.342 e. The van der Waals surface area contributed by atoms with Crippen LogP contribution in [0.1, 0.15) is 44.9 Å². The van der Waals surface area contributed by atoms with E-state index in [0.29, 0.717) is 5.91 Å². The highest BCUT2D eigenvalue weighted by Gasteiger charge is 2.32. The van der Waals surface area contributed by atoms with E-state index in [1.165, 1.54) is 50.8 Å². The molecule has 3 fully saturated rings. The lowest BCUT2D eigenvalue weighted by atomic mass is 9.88. The average molecular weight is 282 g/mol. The maximum Gasteiger partial charge on any atom is 0.235 e. The number of carbonyl (C=O) groups excluding carboxylic acids is 1. The zero-order valence-corrected chi connectivity index (χ0v) is 12.6. The van der Waals surface area contributed by atoms with E-state index >= 15 is 0 Å². The largest absolute Gasteiger partial charge is 0.342 e. The van der Waals surface area contributed by atoms with Gasteiger partial charge in [0.25, 0.3) is 0 Å². The number of piperidine rings is 1. The summed E-state index contributed by atoms with van der Waals surface area (Å²) in [5, 5.41) is 3.90. The standard InChI is InChI=1S/C15H26N2OS/c18-15(14-5-1-2-11-19-14)17-9-6-12(7-10-17)13-4-3-8-16-13/h12-14,16H,1-11H2. The highest BCUT2D eigenvalue weighted by Crippen LogP contribution is 2.30. The molecule has 3 nitrogen and oxygen atoms in total. The molecule has 0 aliphatic carbocycles. The van der Waals surface area contributed by atoms with Crippen molar-refractivity contribution >= 4 is 17.7 Å². The Balaban J connectivity index is 1.47. The number of likely N-dealkylation sites (tertiary alicyclic amines) is 1. The molecule has 3 rings (SSSR count). The summed E-state index contributed by atoms with van der Waals surface area (Å²) in [5.41, 5.74) is 0. The van der Waals surface area contributed by atoms with Crippen LogP contribution in [0.3, 0.4) is 0 Å². The summed E-state index contributed by atoms with van der Waals surface area (Å²) in [6.07, 6.45) is 8.74. The van der Waals surface area contributed by atoms with E-state index in [4.69, 9.17) is 0 Å². The third-order valence-electron chi connectivity index (χ3n) is 4.97. The lowest BCUT2D eigenvalue weighted by Crippen LogP contribution is -2.46. The molecule has 2 unspecified atom stereocenters. The molecule has 0 aromatic carbocycles. The Hall–Kier alpha value is -0.220. The van der Waals surface area contributed by atoms with Gasteiger partial charge in [-0.3, -0.25) is 4.79 Å². The Morgan fingerprint density at radius 1 is 1.05 bits per heavy atom. The molecule has 0 saturated carbocycles. The van der Waals surface area contributed by atoms with Crippen LogP contribution in [-0.4, -0.2) is 47.5 Å². The second kappa shape index (κ2) is 6.49. The molecule has 0 aromatic rings. The van der Waals surface area contributed by atoms with Crippen molar-refractivity contribution in [2.45, 2.75) is 56.2 Å². The van der Waals surface area contributed by atoms with Crippen molar-refractivity contribution in [1.82, 2.24) is 10.2 Å². The summed E-state index contributed by atoms with van der Waals surface area (Å²) in [4.78, 5) is 14.6. The lowest BCUT2D eigenvalue weighted by Gasteiger charge is -2.37. The minimum absolute atomic E-state index is 0.273. The van der Waals surface area contributed by atoms with Crippen molar-refractivity contribution in [1.29, 1.82) is 0 Å². The SMILES string of the molecule is O=C(C1CCCCS1)N1CCC(C2CCCN2)CC1. The van der Waals surface area contributed by atoms with E-state index in [2.05, 4.69) is 10.2 Å². The van der Waals surface area contributed by atoms with Crippen LogP contribution >= 0.6 is 11.8 Å². The van der Waals surface area contributed by atoms with Gasteiger partial charge in [-0.2, -0.15) is 0 Å². The van der Waals surface area contributed by atoms with Crippen LogP contribution in [0.15, 0.2) is 0 Å². The molecule has 19 heavy (non-hydrogen) atoms. The van der Waals surface area contributed by atoms with Gasteiger partial charge in [0, 0.05) is 19.1 Å². The van der Waals surface area contributed by atoms with Crippen LogP contribution in [-0.2, 0) is 4.79 Å². The van der Waals surface area contributed by atoms with Crippen molar-refractivity contribution in [2.75, 3.05) is 25.4 Å². The van der Waals surface area contributed by atoms with Crippen LogP contribution < -0.4 is 5.32 Å². The van der Waals surface area contributed by atoms with E-state index < -0.39 is 0 Å². The number of thioether (sulfide) groups is 1. The monoisotopic (exact) mass is 282 g/mol. The Morgan fingerprint density at radius 2 is 1.89 bits per heavy atom. The molecule has 0 aromatic heterocycles. The molecule has 0 spiro atoms. The van der Waals surface area contributed by atoms with Gasteiger partial charge in [0.2, 0.25) is 5.91 Å². The first-order valence-corrected chi connectivity index (χ1v) is 9.03. The molecule has 2 atom stereocenters. The normalized spacial score (nSPS) is 33.6. The minimum atomic E-state index is 0.273. The van der Waals surface area contributed by atoms with Crippen LogP contribution in [0.25, 0.3) is 0 Å². The topological polar surface area (TPSA) is 32.3 Å². The summed E-state index contributed by atoms with van der Waals surface area (Å²) >= 11 is 1.89. The quantitative estimate of drug-likeness (QED) is 0.843. The van der Waals surface area contributed by atoms with Gasteiger partial charge in [-0.1, -0.05) is 6.42 Å². The van der Waals surface area contributed by atoms with Crippen molar-refractivity contribution in [2.24, 2.45) is 5.92 Å². The number of carbonyl (C=O) groups is 1. The number of rotatable bonds is 2. The van der Waals surface area contributed by atoms with Crippen LogP contribution in [0.4, 0.5) is 0 Å². The highest BCUT2D eigenvalue weighted by atomic mass is 32.2. The van der Waals surface area contributed by atoms with Crippen LogP contribution in [0, 0.1) is 5.92 Å². The number of amides is 1. The van der Waals surface area contributed by atoms with Gasteiger partial charge < -0.3 is 10.2 Å². The molecule has 0 bridgehead atoms. The Morgan fingerprint density at radius 3 is 2.53 bits per heavy atom. The maximum absolute atomic E-state index is 12.5. The number of hydrogen-bond donors (Lipinski definition) is 1. The Bertz CT molecular complexity index is 303. The molecule has 3 heterocycles. The van der Waals surface area contributed by atoms with E-state index in [1.54, 1.807) is 0 Å². The number of nitrogens with one attached hydrogen (secondary N) is 1. The molecule has 4 heteroatoms. The molecule has 3 aliphatic heterocycles. The fourth-order valence-electron chi connectivity index (χ4n) is 3.78. The first-order chi connectivity index (χ1) is 9.34. The third-order valence-corrected chi connectivity index (χ3v) is 6.34. The van der Waals surface area contributed by atoms with Gasteiger partial charge in [-0.15, -0.1) is 11.8 Å². The molecular formula is C15H26N2OS. The van der Waals surface area contributed by atoms with E-state index in [0.717, 1.165) is 31.5 Å². The predicted octanol–water partition coefficient (Wildman–Crippen LogP) is 2.26.